The lowest BCUT2D eigenvalue weighted by Crippen LogP contribution is -2.25. The lowest BCUT2D eigenvalue weighted by molar-refractivity contribution is -0.164. The smallest absolute Gasteiger partial charge is 0.303 e. The number of esters is 2. The van der Waals surface area contributed by atoms with E-state index in [4.69, 9.17) is 23.7 Å². The fraction of sp³-hybridized carbons (Fsp3) is 0.500. The molecule has 2 atom stereocenters. The average molecular weight is 326 g/mol. The third kappa shape index (κ3) is 4.77. The molecule has 0 spiro atoms. The van der Waals surface area contributed by atoms with Gasteiger partial charge in [0.15, 0.2) is 17.6 Å². The maximum atomic E-state index is 11.4. The molecule has 0 aliphatic heterocycles. The molecule has 0 amide bonds. The van der Waals surface area contributed by atoms with E-state index in [2.05, 4.69) is 0 Å². The van der Waals surface area contributed by atoms with E-state index in [1.54, 1.807) is 19.1 Å². The Labute approximate surface area is 135 Å². The van der Waals surface area contributed by atoms with Gasteiger partial charge in [-0.05, 0) is 13.0 Å². The zero-order valence-electron chi connectivity index (χ0n) is 14.2. The van der Waals surface area contributed by atoms with Crippen LogP contribution in [0.3, 0.4) is 0 Å². The second kappa shape index (κ2) is 8.26. The molecule has 0 N–H and O–H groups in total. The first-order valence-electron chi connectivity index (χ1n) is 6.98. The van der Waals surface area contributed by atoms with Gasteiger partial charge < -0.3 is 23.7 Å². The minimum Gasteiger partial charge on any atom is -0.496 e. The summed E-state index contributed by atoms with van der Waals surface area (Å²) in [4.78, 5) is 22.7. The minimum atomic E-state index is -0.842. The predicted octanol–water partition coefficient (Wildman–Crippen LogP) is 2.27. The molecular weight excluding hydrogens is 304 g/mol. The number of benzene rings is 1. The fourth-order valence-corrected chi connectivity index (χ4v) is 2.19. The molecule has 0 fully saturated rings. The number of rotatable bonds is 7. The summed E-state index contributed by atoms with van der Waals surface area (Å²) < 4.78 is 26.3. The van der Waals surface area contributed by atoms with Crippen LogP contribution in [-0.2, 0) is 19.1 Å². The van der Waals surface area contributed by atoms with E-state index in [9.17, 15) is 9.59 Å². The Morgan fingerprint density at radius 1 is 0.826 bits per heavy atom. The summed E-state index contributed by atoms with van der Waals surface area (Å²) >= 11 is 0. The lowest BCUT2D eigenvalue weighted by Gasteiger charge is -2.26. The molecule has 128 valence electrons. The molecule has 7 nitrogen and oxygen atoms in total. The number of carbonyl (C=O) groups is 2. The van der Waals surface area contributed by atoms with Crippen LogP contribution in [0.5, 0.6) is 17.2 Å². The second-order valence-electron chi connectivity index (χ2n) is 4.79. The van der Waals surface area contributed by atoms with Crippen LogP contribution in [0.25, 0.3) is 0 Å². The standard InChI is InChI=1S/C16H22O7/c1-9(22-10(2)17)16(23-11(3)18)12-7-14(20-5)15(21-6)8-13(12)19-4/h7-9,16H,1-6H3. The van der Waals surface area contributed by atoms with Crippen molar-refractivity contribution in [3.8, 4) is 17.2 Å². The van der Waals surface area contributed by atoms with E-state index in [0.717, 1.165) is 0 Å². The Balaban J connectivity index is 3.37. The van der Waals surface area contributed by atoms with Crippen molar-refractivity contribution in [1.29, 1.82) is 0 Å². The van der Waals surface area contributed by atoms with Gasteiger partial charge in [-0.2, -0.15) is 0 Å². The van der Waals surface area contributed by atoms with Crippen LogP contribution < -0.4 is 14.2 Å². The Hall–Kier alpha value is -2.44. The Bertz CT molecular complexity index is 568. The molecule has 23 heavy (non-hydrogen) atoms. The van der Waals surface area contributed by atoms with Crippen molar-refractivity contribution in [1.82, 2.24) is 0 Å². The molecule has 0 bridgehead atoms. The maximum Gasteiger partial charge on any atom is 0.303 e. The van der Waals surface area contributed by atoms with E-state index < -0.39 is 24.1 Å². The first-order chi connectivity index (χ1) is 10.8. The quantitative estimate of drug-likeness (QED) is 0.711. The normalized spacial score (nSPS) is 12.8. The fourth-order valence-electron chi connectivity index (χ4n) is 2.19. The van der Waals surface area contributed by atoms with Gasteiger partial charge in [-0.25, -0.2) is 0 Å². The van der Waals surface area contributed by atoms with Crippen molar-refractivity contribution < 1.29 is 33.3 Å². The summed E-state index contributed by atoms with van der Waals surface area (Å²) in [6.07, 6.45) is -1.55. The van der Waals surface area contributed by atoms with Crippen molar-refractivity contribution in [2.45, 2.75) is 33.0 Å². The molecular formula is C16H22O7. The summed E-state index contributed by atoms with van der Waals surface area (Å²) in [5, 5.41) is 0. The summed E-state index contributed by atoms with van der Waals surface area (Å²) in [5.74, 6) is 0.345. The SMILES string of the molecule is COc1cc(OC)c(C(OC(C)=O)C(C)OC(C)=O)cc1OC. The zero-order valence-corrected chi connectivity index (χ0v) is 14.2. The van der Waals surface area contributed by atoms with Gasteiger partial charge in [-0.1, -0.05) is 0 Å². The number of hydrogen-bond donors (Lipinski definition) is 0. The van der Waals surface area contributed by atoms with Gasteiger partial charge >= 0.3 is 11.9 Å². The first-order valence-corrected chi connectivity index (χ1v) is 6.98. The molecule has 0 aliphatic rings. The van der Waals surface area contributed by atoms with Crippen LogP contribution in [-0.4, -0.2) is 39.4 Å². The molecule has 0 aliphatic carbocycles. The molecule has 0 heterocycles. The van der Waals surface area contributed by atoms with Gasteiger partial charge in [0.25, 0.3) is 0 Å². The van der Waals surface area contributed by atoms with Crippen molar-refractivity contribution in [3.05, 3.63) is 17.7 Å². The zero-order chi connectivity index (χ0) is 17.6. The van der Waals surface area contributed by atoms with Crippen molar-refractivity contribution in [3.63, 3.8) is 0 Å². The summed E-state index contributed by atoms with van der Waals surface area (Å²) in [5.41, 5.74) is 0.508. The molecule has 7 heteroatoms. The summed E-state index contributed by atoms with van der Waals surface area (Å²) in [6.45, 7) is 4.19. The van der Waals surface area contributed by atoms with Crippen LogP contribution in [0.15, 0.2) is 12.1 Å². The molecule has 0 saturated heterocycles. The highest BCUT2D eigenvalue weighted by atomic mass is 16.6. The molecule has 1 aromatic rings. The molecule has 0 aromatic heterocycles. The molecule has 0 saturated carbocycles. The van der Waals surface area contributed by atoms with Crippen LogP contribution in [0.4, 0.5) is 0 Å². The van der Waals surface area contributed by atoms with E-state index in [0.29, 0.717) is 22.8 Å². The van der Waals surface area contributed by atoms with E-state index >= 15 is 0 Å². The van der Waals surface area contributed by atoms with Crippen molar-refractivity contribution >= 4 is 11.9 Å². The highest BCUT2D eigenvalue weighted by molar-refractivity contribution is 5.68. The van der Waals surface area contributed by atoms with Gasteiger partial charge in [0, 0.05) is 25.5 Å². The predicted molar refractivity (Wildman–Crippen MR) is 81.8 cm³/mol. The van der Waals surface area contributed by atoms with Gasteiger partial charge in [0.05, 0.1) is 21.3 Å². The molecule has 1 rings (SSSR count). The largest absolute Gasteiger partial charge is 0.496 e. The van der Waals surface area contributed by atoms with Gasteiger partial charge in [0.2, 0.25) is 0 Å². The third-order valence-electron chi connectivity index (χ3n) is 3.11. The van der Waals surface area contributed by atoms with Crippen LogP contribution >= 0.6 is 0 Å². The molecule has 0 radical (unpaired) electrons. The van der Waals surface area contributed by atoms with E-state index in [-0.39, 0.29) is 0 Å². The first kappa shape index (κ1) is 18.6. The van der Waals surface area contributed by atoms with Gasteiger partial charge in [-0.3, -0.25) is 9.59 Å². The number of hydrogen-bond acceptors (Lipinski definition) is 7. The summed E-state index contributed by atoms with van der Waals surface area (Å²) in [6, 6.07) is 3.25. The highest BCUT2D eigenvalue weighted by Crippen LogP contribution is 2.40. The monoisotopic (exact) mass is 326 g/mol. The number of carbonyl (C=O) groups excluding carboxylic acids is 2. The topological polar surface area (TPSA) is 80.3 Å². The highest BCUT2D eigenvalue weighted by Gasteiger charge is 2.29. The van der Waals surface area contributed by atoms with Gasteiger partial charge in [-0.15, -0.1) is 0 Å². The van der Waals surface area contributed by atoms with Crippen LogP contribution in [0.2, 0.25) is 0 Å². The third-order valence-corrected chi connectivity index (χ3v) is 3.11. The maximum absolute atomic E-state index is 11.4. The van der Waals surface area contributed by atoms with E-state index in [1.165, 1.54) is 35.2 Å². The van der Waals surface area contributed by atoms with Crippen molar-refractivity contribution in [2.24, 2.45) is 0 Å². The number of methoxy groups -OCH3 is 3. The minimum absolute atomic E-state index is 0.424. The lowest BCUT2D eigenvalue weighted by atomic mass is 10.0. The Kier molecular flexibility index (Phi) is 6.68. The summed E-state index contributed by atoms with van der Waals surface area (Å²) in [7, 11) is 4.47. The second-order valence-corrected chi connectivity index (χ2v) is 4.79. The van der Waals surface area contributed by atoms with Crippen LogP contribution in [0, 0.1) is 0 Å². The Morgan fingerprint density at radius 3 is 1.74 bits per heavy atom. The van der Waals surface area contributed by atoms with Crippen LogP contribution in [0.1, 0.15) is 32.4 Å². The Morgan fingerprint density at radius 2 is 1.30 bits per heavy atom. The van der Waals surface area contributed by atoms with E-state index in [1.807, 2.05) is 0 Å². The molecule has 2 unspecified atom stereocenters. The van der Waals surface area contributed by atoms with Gasteiger partial charge in [0.1, 0.15) is 11.9 Å². The number of ether oxygens (including phenoxy) is 5. The molecule has 1 aromatic carbocycles. The average Bonchev–Trinajstić information content (AvgIpc) is 2.50. The van der Waals surface area contributed by atoms with Crippen molar-refractivity contribution in [2.75, 3.05) is 21.3 Å².